The molecule has 0 amide bonds. The van der Waals surface area contributed by atoms with Gasteiger partial charge in [-0.2, -0.15) is 0 Å². The van der Waals surface area contributed by atoms with E-state index in [1.54, 1.807) is 0 Å². The third-order valence-corrected chi connectivity index (χ3v) is 4.87. The fourth-order valence-corrected chi connectivity index (χ4v) is 3.65. The van der Waals surface area contributed by atoms with E-state index in [0.29, 0.717) is 0 Å². The van der Waals surface area contributed by atoms with Crippen LogP contribution in [-0.4, -0.2) is 27.1 Å². The highest BCUT2D eigenvalue weighted by molar-refractivity contribution is 5.71. The lowest BCUT2D eigenvalue weighted by atomic mass is 9.79. The van der Waals surface area contributed by atoms with Crippen LogP contribution < -0.4 is 5.32 Å². The van der Waals surface area contributed by atoms with Crippen molar-refractivity contribution in [2.24, 2.45) is 0 Å². The average molecular weight is 286 g/mol. The second-order valence-electron chi connectivity index (χ2n) is 6.29. The van der Waals surface area contributed by atoms with Crippen LogP contribution in [0.15, 0.2) is 18.3 Å². The Hall–Kier alpha value is -1.42. The van der Waals surface area contributed by atoms with Crippen molar-refractivity contribution in [3.8, 4) is 0 Å². The van der Waals surface area contributed by atoms with Gasteiger partial charge < -0.3 is 9.88 Å². The zero-order chi connectivity index (χ0) is 14.7. The minimum atomic E-state index is 0.227. The van der Waals surface area contributed by atoms with Gasteiger partial charge in [0.15, 0.2) is 5.65 Å². The smallest absolute Gasteiger partial charge is 0.159 e. The molecule has 2 heterocycles. The Balaban J connectivity index is 1.96. The molecule has 21 heavy (non-hydrogen) atoms. The fourth-order valence-electron chi connectivity index (χ4n) is 3.65. The summed E-state index contributed by atoms with van der Waals surface area (Å²) in [7, 11) is 2.11. The first-order chi connectivity index (χ1) is 10.3. The lowest BCUT2D eigenvalue weighted by molar-refractivity contribution is 0.239. The van der Waals surface area contributed by atoms with E-state index in [9.17, 15) is 0 Å². The molecule has 0 saturated heterocycles. The molecule has 0 unspecified atom stereocenters. The third-order valence-electron chi connectivity index (χ3n) is 4.87. The van der Waals surface area contributed by atoms with Crippen LogP contribution in [0.5, 0.6) is 0 Å². The summed E-state index contributed by atoms with van der Waals surface area (Å²) in [6, 6.07) is 4.05. The molecule has 1 saturated carbocycles. The normalized spacial score (nSPS) is 18.2. The first-order valence-electron chi connectivity index (χ1n) is 8.27. The summed E-state index contributed by atoms with van der Waals surface area (Å²) in [4.78, 5) is 9.42. The van der Waals surface area contributed by atoms with Crippen LogP contribution in [0.4, 0.5) is 0 Å². The maximum Gasteiger partial charge on any atom is 0.159 e. The summed E-state index contributed by atoms with van der Waals surface area (Å²) in [5.41, 5.74) is 2.30. The van der Waals surface area contributed by atoms with E-state index in [-0.39, 0.29) is 5.54 Å². The Morgan fingerprint density at radius 3 is 2.81 bits per heavy atom. The predicted octanol–water partition coefficient (Wildman–Crippen LogP) is 3.31. The third kappa shape index (κ3) is 2.82. The quantitative estimate of drug-likeness (QED) is 0.917. The van der Waals surface area contributed by atoms with Gasteiger partial charge >= 0.3 is 0 Å². The molecule has 4 heteroatoms. The topological polar surface area (TPSA) is 42.7 Å². The molecule has 2 aromatic heterocycles. The zero-order valence-electron chi connectivity index (χ0n) is 13.2. The minimum Gasteiger partial charge on any atom is -0.314 e. The van der Waals surface area contributed by atoms with Crippen molar-refractivity contribution in [1.82, 2.24) is 19.9 Å². The highest BCUT2D eigenvalue weighted by atomic mass is 15.1. The Labute approximate surface area is 127 Å². The number of pyridine rings is 1. The molecule has 4 nitrogen and oxygen atoms in total. The number of imidazole rings is 1. The summed E-state index contributed by atoms with van der Waals surface area (Å²) in [5, 5.41) is 3.61. The summed E-state index contributed by atoms with van der Waals surface area (Å²) in [5.74, 6) is 1.20. The monoisotopic (exact) mass is 286 g/mol. The number of hydrogen-bond donors (Lipinski definition) is 1. The molecule has 1 fully saturated rings. The molecule has 0 aromatic carbocycles. The van der Waals surface area contributed by atoms with Crippen LogP contribution in [0.2, 0.25) is 0 Å². The average Bonchev–Trinajstić information content (AvgIpc) is 2.86. The molecule has 0 spiro atoms. The Bertz CT molecular complexity index is 596. The number of nitrogens with one attached hydrogen (secondary N) is 1. The van der Waals surface area contributed by atoms with Crippen LogP contribution >= 0.6 is 0 Å². The van der Waals surface area contributed by atoms with Gasteiger partial charge in [0.1, 0.15) is 11.3 Å². The number of aromatic nitrogens is 3. The van der Waals surface area contributed by atoms with Crippen LogP contribution in [0, 0.1) is 0 Å². The van der Waals surface area contributed by atoms with Crippen LogP contribution in [0.3, 0.4) is 0 Å². The van der Waals surface area contributed by atoms with Crippen molar-refractivity contribution in [3.63, 3.8) is 0 Å². The van der Waals surface area contributed by atoms with E-state index in [2.05, 4.69) is 34.9 Å². The van der Waals surface area contributed by atoms with Gasteiger partial charge in [0.2, 0.25) is 0 Å². The number of likely N-dealkylation sites (N-methyl/N-ethyl adjacent to an activating group) is 1. The number of fused-ring (bicyclic) bond motifs is 1. The number of nitrogens with zero attached hydrogens (tertiary/aromatic N) is 3. The van der Waals surface area contributed by atoms with Crippen molar-refractivity contribution in [2.75, 3.05) is 7.05 Å². The number of rotatable bonds is 5. The maximum absolute atomic E-state index is 4.88. The zero-order valence-corrected chi connectivity index (χ0v) is 13.2. The van der Waals surface area contributed by atoms with Crippen molar-refractivity contribution >= 4 is 11.2 Å². The first-order valence-corrected chi connectivity index (χ1v) is 8.27. The first kappa shape index (κ1) is 14.5. The molecule has 3 rings (SSSR count). The molecule has 0 radical (unpaired) electrons. The molecular weight excluding hydrogens is 260 g/mol. The van der Waals surface area contributed by atoms with Gasteiger partial charge in [-0.1, -0.05) is 26.2 Å². The Morgan fingerprint density at radius 1 is 1.29 bits per heavy atom. The second-order valence-corrected chi connectivity index (χ2v) is 6.29. The standard InChI is InChI=1S/C17H26N4/c1-3-12-21-15(20-14-8-7-11-19-16(14)21)13-17(18-2)9-5-4-6-10-17/h7-8,11,18H,3-6,9-10,12-13H2,1-2H3. The van der Waals surface area contributed by atoms with E-state index < -0.39 is 0 Å². The highest BCUT2D eigenvalue weighted by Gasteiger charge is 2.32. The molecule has 1 aliphatic carbocycles. The van der Waals surface area contributed by atoms with E-state index in [1.165, 1.54) is 37.9 Å². The van der Waals surface area contributed by atoms with Crippen LogP contribution in [-0.2, 0) is 13.0 Å². The highest BCUT2D eigenvalue weighted by Crippen LogP contribution is 2.31. The number of aryl methyl sites for hydroxylation is 1. The van der Waals surface area contributed by atoms with E-state index in [1.807, 2.05) is 12.3 Å². The van der Waals surface area contributed by atoms with E-state index in [4.69, 9.17) is 4.98 Å². The Kier molecular flexibility index (Phi) is 4.24. The van der Waals surface area contributed by atoms with Crippen molar-refractivity contribution in [1.29, 1.82) is 0 Å². The summed E-state index contributed by atoms with van der Waals surface area (Å²) in [6.45, 7) is 3.22. The van der Waals surface area contributed by atoms with Gasteiger partial charge in [-0.25, -0.2) is 9.97 Å². The van der Waals surface area contributed by atoms with Gasteiger partial charge in [0, 0.05) is 24.7 Å². The van der Waals surface area contributed by atoms with Crippen molar-refractivity contribution in [2.45, 2.75) is 64.0 Å². The SMILES string of the molecule is CCCn1c(CC2(NC)CCCCC2)nc2cccnc21. The molecule has 1 N–H and O–H groups in total. The largest absolute Gasteiger partial charge is 0.314 e. The summed E-state index contributed by atoms with van der Waals surface area (Å²) in [6.07, 6.45) is 10.5. The number of hydrogen-bond acceptors (Lipinski definition) is 3. The van der Waals surface area contributed by atoms with Crippen molar-refractivity contribution < 1.29 is 0 Å². The Morgan fingerprint density at radius 2 is 2.10 bits per heavy atom. The minimum absolute atomic E-state index is 0.227. The molecule has 114 valence electrons. The van der Waals surface area contributed by atoms with Crippen molar-refractivity contribution in [3.05, 3.63) is 24.2 Å². The van der Waals surface area contributed by atoms with Crippen LogP contribution in [0.25, 0.3) is 11.2 Å². The van der Waals surface area contributed by atoms with E-state index in [0.717, 1.165) is 30.6 Å². The molecule has 1 aliphatic rings. The molecule has 0 aliphatic heterocycles. The maximum atomic E-state index is 4.88. The van der Waals surface area contributed by atoms with Gasteiger partial charge in [-0.05, 0) is 38.4 Å². The molecule has 0 bridgehead atoms. The van der Waals surface area contributed by atoms with Gasteiger partial charge in [-0.15, -0.1) is 0 Å². The predicted molar refractivity (Wildman–Crippen MR) is 86.4 cm³/mol. The summed E-state index contributed by atoms with van der Waals surface area (Å²) >= 11 is 0. The molecular formula is C17H26N4. The lowest BCUT2D eigenvalue weighted by Gasteiger charge is -2.37. The van der Waals surface area contributed by atoms with Gasteiger partial charge in [0.05, 0.1) is 0 Å². The second kappa shape index (κ2) is 6.14. The fraction of sp³-hybridized carbons (Fsp3) is 0.647. The van der Waals surface area contributed by atoms with E-state index >= 15 is 0 Å². The van der Waals surface area contributed by atoms with Crippen LogP contribution in [0.1, 0.15) is 51.3 Å². The summed E-state index contributed by atoms with van der Waals surface area (Å²) < 4.78 is 2.32. The van der Waals surface area contributed by atoms with Gasteiger partial charge in [-0.3, -0.25) is 0 Å². The lowest BCUT2D eigenvalue weighted by Crippen LogP contribution is -2.47. The molecule has 0 atom stereocenters. The molecule has 2 aromatic rings. The van der Waals surface area contributed by atoms with Gasteiger partial charge in [0.25, 0.3) is 0 Å².